The van der Waals surface area contributed by atoms with Gasteiger partial charge in [0.05, 0.1) is 0 Å². The molecular weight excluding hydrogens is 92.1 g/mol. The summed E-state index contributed by atoms with van der Waals surface area (Å²) in [6.07, 6.45) is 0. The summed E-state index contributed by atoms with van der Waals surface area (Å²) < 4.78 is 0. The van der Waals surface area contributed by atoms with E-state index in [2.05, 4.69) is 9.83 Å². The highest BCUT2D eigenvalue weighted by Crippen LogP contribution is 1.72. The minimum Gasteiger partial charge on any atom is -0.397 e. The van der Waals surface area contributed by atoms with Crippen LogP contribution in [-0.4, -0.2) is 12.4 Å². The van der Waals surface area contributed by atoms with Crippen LogP contribution in [0.2, 0.25) is 0 Å². The molecule has 42 valence electrons. The van der Waals surface area contributed by atoms with Gasteiger partial charge in [-0.1, -0.05) is 0 Å². The average molecular weight is 102 g/mol. The molecule has 0 heterocycles. The van der Waals surface area contributed by atoms with Crippen molar-refractivity contribution in [1.29, 1.82) is 0 Å². The maximum atomic E-state index is 4.73. The van der Waals surface area contributed by atoms with E-state index in [-0.39, 0.29) is 0 Å². The highest BCUT2D eigenvalue weighted by Gasteiger charge is 1.79. The summed E-state index contributed by atoms with van der Waals surface area (Å²) in [5.74, 6) is 5.26. The van der Waals surface area contributed by atoms with Crippen LogP contribution in [0.25, 0.3) is 0 Å². The zero-order valence-electron chi connectivity index (χ0n) is 4.64. The van der Waals surface area contributed by atoms with Gasteiger partial charge in [-0.15, -0.1) is 0 Å². The number of hydrogen-bond donors (Lipinski definition) is 1. The van der Waals surface area contributed by atoms with Crippen LogP contribution in [0.5, 0.6) is 0 Å². The van der Waals surface area contributed by atoms with Crippen LogP contribution in [0.3, 0.4) is 0 Å². The third-order valence-electron chi connectivity index (χ3n) is 0.551. The maximum absolute atomic E-state index is 4.73. The molecule has 0 aliphatic rings. The SMILES string of the molecule is CC/N=C(/C)ON. The second-order valence-electron chi connectivity index (χ2n) is 1.11. The number of nitrogens with zero attached hydrogens (tertiary/aromatic N) is 1. The fraction of sp³-hybridized carbons (Fsp3) is 0.750. The molecule has 0 aromatic carbocycles. The maximum Gasteiger partial charge on any atom is 0.205 e. The minimum absolute atomic E-state index is 0.530. The average Bonchev–Trinajstić information content (AvgIpc) is 1.68. The van der Waals surface area contributed by atoms with Crippen LogP contribution in [0.15, 0.2) is 4.99 Å². The van der Waals surface area contributed by atoms with E-state index < -0.39 is 0 Å². The monoisotopic (exact) mass is 102 g/mol. The molecule has 2 N–H and O–H groups in total. The highest BCUT2D eigenvalue weighted by atomic mass is 16.6. The molecule has 3 nitrogen and oxygen atoms in total. The molecule has 0 aliphatic heterocycles. The van der Waals surface area contributed by atoms with Gasteiger partial charge in [-0.3, -0.25) is 4.99 Å². The number of nitrogens with two attached hydrogens (primary N) is 1. The van der Waals surface area contributed by atoms with E-state index >= 15 is 0 Å². The van der Waals surface area contributed by atoms with Gasteiger partial charge >= 0.3 is 0 Å². The molecule has 7 heavy (non-hydrogen) atoms. The quantitative estimate of drug-likeness (QED) is 0.294. The van der Waals surface area contributed by atoms with Gasteiger partial charge < -0.3 is 4.84 Å². The Morgan fingerprint density at radius 1 is 1.86 bits per heavy atom. The molecule has 0 radical (unpaired) electrons. The standard InChI is InChI=1S/C4H10N2O/c1-3-6-4(2)7-5/h3,5H2,1-2H3/b6-4-. The Kier molecular flexibility index (Phi) is 3.32. The fourth-order valence-electron chi connectivity index (χ4n) is 0.260. The second-order valence-corrected chi connectivity index (χ2v) is 1.11. The second kappa shape index (κ2) is 3.61. The fourth-order valence-corrected chi connectivity index (χ4v) is 0.260. The van der Waals surface area contributed by atoms with Crippen LogP contribution < -0.4 is 5.90 Å². The van der Waals surface area contributed by atoms with Crippen molar-refractivity contribution in [2.75, 3.05) is 6.54 Å². The van der Waals surface area contributed by atoms with Crippen molar-refractivity contribution >= 4 is 5.90 Å². The summed E-state index contributed by atoms with van der Waals surface area (Å²) in [5.41, 5.74) is 0. The van der Waals surface area contributed by atoms with E-state index in [9.17, 15) is 0 Å². The molecule has 0 rings (SSSR count). The summed E-state index contributed by atoms with van der Waals surface area (Å²) in [5, 5.41) is 0. The van der Waals surface area contributed by atoms with Crippen LogP contribution >= 0.6 is 0 Å². The van der Waals surface area contributed by atoms with E-state index in [1.165, 1.54) is 0 Å². The van der Waals surface area contributed by atoms with Crippen molar-refractivity contribution < 1.29 is 4.84 Å². The van der Waals surface area contributed by atoms with Gasteiger partial charge in [-0.25, -0.2) is 0 Å². The molecule has 0 aliphatic carbocycles. The van der Waals surface area contributed by atoms with Gasteiger partial charge in [-0.2, -0.15) is 5.90 Å². The molecule has 0 saturated carbocycles. The third-order valence-corrected chi connectivity index (χ3v) is 0.551. The van der Waals surface area contributed by atoms with Gasteiger partial charge in [-0.05, 0) is 6.92 Å². The van der Waals surface area contributed by atoms with E-state index in [4.69, 9.17) is 5.90 Å². The molecular formula is C4H10N2O. The zero-order valence-corrected chi connectivity index (χ0v) is 4.64. The van der Waals surface area contributed by atoms with Crippen LogP contribution in [0, 0.1) is 0 Å². The largest absolute Gasteiger partial charge is 0.397 e. The molecule has 0 spiro atoms. The summed E-state index contributed by atoms with van der Waals surface area (Å²) in [4.78, 5) is 8.05. The number of hydrogen-bond acceptors (Lipinski definition) is 3. The molecule has 0 aromatic rings. The van der Waals surface area contributed by atoms with Gasteiger partial charge in [0.1, 0.15) is 0 Å². The molecule has 0 amide bonds. The zero-order chi connectivity index (χ0) is 5.70. The molecule has 0 saturated heterocycles. The number of rotatable bonds is 1. The van der Waals surface area contributed by atoms with E-state index in [0.717, 1.165) is 6.54 Å². The van der Waals surface area contributed by atoms with Crippen molar-refractivity contribution in [1.82, 2.24) is 0 Å². The van der Waals surface area contributed by atoms with Gasteiger partial charge in [0.25, 0.3) is 0 Å². The molecule has 0 unspecified atom stereocenters. The molecule has 0 fully saturated rings. The van der Waals surface area contributed by atoms with Crippen molar-refractivity contribution in [3.05, 3.63) is 0 Å². The van der Waals surface area contributed by atoms with Crippen LogP contribution in [0.4, 0.5) is 0 Å². The third kappa shape index (κ3) is 3.26. The van der Waals surface area contributed by atoms with E-state index in [0.29, 0.717) is 5.90 Å². The van der Waals surface area contributed by atoms with Gasteiger partial charge in [0.15, 0.2) is 0 Å². The Balaban J connectivity index is 3.29. The first kappa shape index (κ1) is 6.43. The predicted octanol–water partition coefficient (Wildman–Crippen LogP) is 0.315. The van der Waals surface area contributed by atoms with Crippen molar-refractivity contribution in [3.8, 4) is 0 Å². The van der Waals surface area contributed by atoms with Gasteiger partial charge in [0.2, 0.25) is 5.90 Å². The first-order chi connectivity index (χ1) is 3.31. The number of aliphatic imine (C=N–C) groups is 1. The summed E-state index contributed by atoms with van der Waals surface area (Å²) in [7, 11) is 0. The van der Waals surface area contributed by atoms with Crippen molar-refractivity contribution in [3.63, 3.8) is 0 Å². The Morgan fingerprint density at radius 3 is 2.57 bits per heavy atom. The highest BCUT2D eigenvalue weighted by molar-refractivity contribution is 5.72. The minimum atomic E-state index is 0.530. The Bertz CT molecular complexity index is 70.1. The van der Waals surface area contributed by atoms with Crippen molar-refractivity contribution in [2.24, 2.45) is 10.9 Å². The smallest absolute Gasteiger partial charge is 0.205 e. The molecule has 0 atom stereocenters. The van der Waals surface area contributed by atoms with Crippen LogP contribution in [-0.2, 0) is 4.84 Å². The lowest BCUT2D eigenvalue weighted by Gasteiger charge is -1.91. The van der Waals surface area contributed by atoms with Crippen molar-refractivity contribution in [2.45, 2.75) is 13.8 Å². The Morgan fingerprint density at radius 2 is 2.43 bits per heavy atom. The molecule has 0 bridgehead atoms. The lowest BCUT2D eigenvalue weighted by atomic mass is 10.7. The molecule has 3 heteroatoms. The first-order valence-corrected chi connectivity index (χ1v) is 2.19. The van der Waals surface area contributed by atoms with E-state index in [1.54, 1.807) is 6.92 Å². The summed E-state index contributed by atoms with van der Waals surface area (Å²) in [6, 6.07) is 0. The van der Waals surface area contributed by atoms with E-state index in [1.807, 2.05) is 6.92 Å². The normalized spacial score (nSPS) is 11.6. The Labute approximate surface area is 43.1 Å². The lowest BCUT2D eigenvalue weighted by Crippen LogP contribution is -2.05. The summed E-state index contributed by atoms with van der Waals surface area (Å²) in [6.45, 7) is 4.36. The van der Waals surface area contributed by atoms with Gasteiger partial charge in [0, 0.05) is 13.5 Å². The summed E-state index contributed by atoms with van der Waals surface area (Å²) >= 11 is 0. The topological polar surface area (TPSA) is 47.6 Å². The lowest BCUT2D eigenvalue weighted by molar-refractivity contribution is 0.317. The predicted molar refractivity (Wildman–Crippen MR) is 28.9 cm³/mol. The van der Waals surface area contributed by atoms with Crippen LogP contribution in [0.1, 0.15) is 13.8 Å². The first-order valence-electron chi connectivity index (χ1n) is 2.19. The molecule has 0 aromatic heterocycles. The Hall–Kier alpha value is -0.570.